The monoisotopic (exact) mass is 321 g/mol. The Hall–Kier alpha value is -2.80. The van der Waals surface area contributed by atoms with E-state index in [-0.39, 0.29) is 0 Å². The Labute approximate surface area is 135 Å². The van der Waals surface area contributed by atoms with Gasteiger partial charge in [0.15, 0.2) is 0 Å². The Morgan fingerprint density at radius 3 is 2.70 bits per heavy atom. The zero-order chi connectivity index (χ0) is 15.5. The predicted octanol–water partition coefficient (Wildman–Crippen LogP) is 3.37. The van der Waals surface area contributed by atoms with E-state index in [1.54, 1.807) is 18.0 Å². The van der Waals surface area contributed by atoms with Crippen LogP contribution in [0.2, 0.25) is 0 Å². The van der Waals surface area contributed by atoms with E-state index >= 15 is 0 Å². The number of fused-ring (bicyclic) bond motifs is 1. The highest BCUT2D eigenvalue weighted by Gasteiger charge is 2.08. The van der Waals surface area contributed by atoms with Gasteiger partial charge in [0.2, 0.25) is 0 Å². The van der Waals surface area contributed by atoms with Crippen molar-refractivity contribution in [1.82, 2.24) is 25.5 Å². The Balaban J connectivity index is 1.50. The quantitative estimate of drug-likeness (QED) is 0.533. The first-order chi connectivity index (χ1) is 11.4. The van der Waals surface area contributed by atoms with E-state index in [2.05, 4.69) is 25.5 Å². The number of hydrogen-bond acceptors (Lipinski definition) is 7. The molecule has 7 heteroatoms. The fourth-order valence-electron chi connectivity index (χ4n) is 2.18. The van der Waals surface area contributed by atoms with Gasteiger partial charge in [-0.25, -0.2) is 4.63 Å². The molecule has 0 aliphatic carbocycles. The number of aromatic nitrogens is 5. The maximum atomic E-state index is 4.78. The minimum atomic E-state index is 0.725. The molecule has 1 aromatic carbocycles. The van der Waals surface area contributed by atoms with Crippen molar-refractivity contribution in [2.75, 3.05) is 0 Å². The number of pyridine rings is 1. The molecule has 3 heterocycles. The molecule has 0 aliphatic heterocycles. The lowest BCUT2D eigenvalue weighted by Gasteiger charge is -2.02. The molecule has 0 N–H and O–H groups in total. The summed E-state index contributed by atoms with van der Waals surface area (Å²) in [4.78, 5) is 4.27. The van der Waals surface area contributed by atoms with Crippen LogP contribution in [0.25, 0.3) is 22.4 Å². The zero-order valence-corrected chi connectivity index (χ0v) is 12.8. The van der Waals surface area contributed by atoms with Crippen LogP contribution in [0, 0.1) is 0 Å². The van der Waals surface area contributed by atoms with Crippen LogP contribution < -0.4 is 0 Å². The summed E-state index contributed by atoms with van der Waals surface area (Å²) in [5, 5.41) is 17.1. The fraction of sp³-hybridized carbons (Fsp3) is 0.0625. The molecule has 4 rings (SSSR count). The second-order valence-electron chi connectivity index (χ2n) is 4.81. The highest BCUT2D eigenvalue weighted by atomic mass is 32.2. The lowest BCUT2D eigenvalue weighted by molar-refractivity contribution is 0.315. The SMILES string of the molecule is c1ccc(-c2ccc(SCc3cccc4nonc34)nn2)nc1. The van der Waals surface area contributed by atoms with Crippen LogP contribution in [0.4, 0.5) is 0 Å². The lowest BCUT2D eigenvalue weighted by Crippen LogP contribution is -1.91. The van der Waals surface area contributed by atoms with Gasteiger partial charge in [-0.15, -0.1) is 10.2 Å². The summed E-state index contributed by atoms with van der Waals surface area (Å²) >= 11 is 1.59. The van der Waals surface area contributed by atoms with Crippen LogP contribution in [0.1, 0.15) is 5.56 Å². The predicted molar refractivity (Wildman–Crippen MR) is 86.6 cm³/mol. The average Bonchev–Trinajstić information content (AvgIpc) is 3.10. The minimum Gasteiger partial charge on any atom is -0.255 e. The molecular formula is C16H11N5OS. The summed E-state index contributed by atoms with van der Waals surface area (Å²) in [5.41, 5.74) is 4.19. The number of thioether (sulfide) groups is 1. The molecule has 0 fully saturated rings. The van der Waals surface area contributed by atoms with E-state index in [9.17, 15) is 0 Å². The smallest absolute Gasteiger partial charge is 0.139 e. The van der Waals surface area contributed by atoms with Gasteiger partial charge in [0.25, 0.3) is 0 Å². The van der Waals surface area contributed by atoms with Crippen LogP contribution >= 0.6 is 11.8 Å². The Bertz CT molecular complexity index is 924. The molecule has 0 spiro atoms. The molecule has 6 nitrogen and oxygen atoms in total. The van der Waals surface area contributed by atoms with Crippen molar-refractivity contribution in [3.63, 3.8) is 0 Å². The maximum Gasteiger partial charge on any atom is 0.139 e. The van der Waals surface area contributed by atoms with Crippen molar-refractivity contribution in [2.24, 2.45) is 0 Å². The van der Waals surface area contributed by atoms with Crippen LogP contribution in [0.5, 0.6) is 0 Å². The van der Waals surface area contributed by atoms with Gasteiger partial charge in [-0.05, 0) is 46.2 Å². The summed E-state index contributed by atoms with van der Waals surface area (Å²) in [7, 11) is 0. The fourth-order valence-corrected chi connectivity index (χ4v) is 2.98. The molecule has 23 heavy (non-hydrogen) atoms. The highest BCUT2D eigenvalue weighted by Crippen LogP contribution is 2.25. The van der Waals surface area contributed by atoms with Gasteiger partial charge in [-0.1, -0.05) is 30.0 Å². The Morgan fingerprint density at radius 2 is 1.87 bits per heavy atom. The molecule has 0 atom stereocenters. The summed E-state index contributed by atoms with van der Waals surface area (Å²) in [6.07, 6.45) is 1.74. The van der Waals surface area contributed by atoms with E-state index in [4.69, 9.17) is 4.63 Å². The second kappa shape index (κ2) is 6.13. The summed E-state index contributed by atoms with van der Waals surface area (Å²) in [6.45, 7) is 0. The van der Waals surface area contributed by atoms with Crippen LogP contribution in [-0.2, 0) is 5.75 Å². The van der Waals surface area contributed by atoms with Gasteiger partial charge in [0.1, 0.15) is 21.8 Å². The third-order valence-corrected chi connectivity index (χ3v) is 4.28. The van der Waals surface area contributed by atoms with Crippen molar-refractivity contribution >= 4 is 22.8 Å². The molecule has 3 aromatic heterocycles. The summed E-state index contributed by atoms with van der Waals surface area (Å²) in [5.74, 6) is 0.725. The lowest BCUT2D eigenvalue weighted by atomic mass is 10.2. The van der Waals surface area contributed by atoms with E-state index in [1.807, 2.05) is 48.5 Å². The van der Waals surface area contributed by atoms with Crippen LogP contribution in [0.15, 0.2) is 64.4 Å². The standard InChI is InChI=1S/C16H11N5OS/c1-2-9-17-12(5-1)13-7-8-15(19-18-13)23-10-11-4-3-6-14-16(11)21-22-20-14/h1-9H,10H2. The number of hydrogen-bond donors (Lipinski definition) is 0. The van der Waals surface area contributed by atoms with Gasteiger partial charge in [0, 0.05) is 11.9 Å². The molecule has 0 bridgehead atoms. The topological polar surface area (TPSA) is 77.6 Å². The Morgan fingerprint density at radius 1 is 0.870 bits per heavy atom. The molecular weight excluding hydrogens is 310 g/mol. The van der Waals surface area contributed by atoms with E-state index in [1.165, 1.54) is 0 Å². The number of rotatable bonds is 4. The number of benzene rings is 1. The van der Waals surface area contributed by atoms with E-state index in [0.717, 1.165) is 38.8 Å². The number of nitrogens with zero attached hydrogens (tertiary/aromatic N) is 5. The van der Waals surface area contributed by atoms with Gasteiger partial charge in [-0.2, -0.15) is 0 Å². The largest absolute Gasteiger partial charge is 0.255 e. The van der Waals surface area contributed by atoms with Crippen LogP contribution in [-0.4, -0.2) is 25.5 Å². The third kappa shape index (κ3) is 2.91. The van der Waals surface area contributed by atoms with Gasteiger partial charge < -0.3 is 0 Å². The molecule has 0 amide bonds. The van der Waals surface area contributed by atoms with E-state index < -0.39 is 0 Å². The van der Waals surface area contributed by atoms with E-state index in [0.29, 0.717) is 0 Å². The van der Waals surface area contributed by atoms with Gasteiger partial charge >= 0.3 is 0 Å². The van der Waals surface area contributed by atoms with Crippen molar-refractivity contribution in [2.45, 2.75) is 10.8 Å². The Kier molecular flexibility index (Phi) is 3.69. The normalized spacial score (nSPS) is 11.0. The molecule has 0 saturated carbocycles. The first kappa shape index (κ1) is 13.8. The maximum absolute atomic E-state index is 4.78. The molecule has 0 aliphatic rings. The van der Waals surface area contributed by atoms with Crippen molar-refractivity contribution in [1.29, 1.82) is 0 Å². The summed E-state index contributed by atoms with van der Waals surface area (Å²) < 4.78 is 4.78. The van der Waals surface area contributed by atoms with Crippen molar-refractivity contribution < 1.29 is 4.63 Å². The molecule has 112 valence electrons. The molecule has 0 saturated heterocycles. The third-order valence-electron chi connectivity index (χ3n) is 3.31. The van der Waals surface area contributed by atoms with Crippen molar-refractivity contribution in [3.8, 4) is 11.4 Å². The second-order valence-corrected chi connectivity index (χ2v) is 5.81. The minimum absolute atomic E-state index is 0.725. The highest BCUT2D eigenvalue weighted by molar-refractivity contribution is 7.98. The van der Waals surface area contributed by atoms with Crippen LogP contribution in [0.3, 0.4) is 0 Å². The average molecular weight is 321 g/mol. The zero-order valence-electron chi connectivity index (χ0n) is 12.0. The van der Waals surface area contributed by atoms with Gasteiger partial charge in [-0.3, -0.25) is 4.98 Å². The van der Waals surface area contributed by atoms with Crippen molar-refractivity contribution in [3.05, 3.63) is 60.3 Å². The first-order valence-electron chi connectivity index (χ1n) is 6.98. The molecule has 4 aromatic rings. The molecule has 0 unspecified atom stereocenters. The first-order valence-corrected chi connectivity index (χ1v) is 7.97. The summed E-state index contributed by atoms with van der Waals surface area (Å²) in [6, 6.07) is 15.4. The van der Waals surface area contributed by atoms with Gasteiger partial charge in [0.05, 0.1) is 5.69 Å². The molecule has 0 radical (unpaired) electrons.